The molecule has 2 rings (SSSR count). The lowest BCUT2D eigenvalue weighted by Gasteiger charge is -2.41. The van der Waals surface area contributed by atoms with Crippen LogP contribution in [-0.4, -0.2) is 49.3 Å². The average molecular weight is 316 g/mol. The van der Waals surface area contributed by atoms with E-state index in [1.807, 2.05) is 0 Å². The highest BCUT2D eigenvalue weighted by Crippen LogP contribution is 2.35. The molecule has 0 aliphatic carbocycles. The largest absolute Gasteiger partial charge is 0.440 e. The first kappa shape index (κ1) is 16.3. The molecule has 6 heteroatoms. The highest BCUT2D eigenvalue weighted by molar-refractivity contribution is 6.29. The Morgan fingerprint density at radius 1 is 1.57 bits per heavy atom. The van der Waals surface area contributed by atoms with Gasteiger partial charge in [-0.05, 0) is 49.4 Å². The van der Waals surface area contributed by atoms with Crippen LogP contribution in [0.25, 0.3) is 0 Å². The number of piperidine rings is 1. The predicted molar refractivity (Wildman–Crippen MR) is 79.5 cm³/mol. The minimum absolute atomic E-state index is 0.0827. The lowest BCUT2D eigenvalue weighted by Crippen LogP contribution is -2.48. The molecule has 1 fully saturated rings. The van der Waals surface area contributed by atoms with Crippen molar-refractivity contribution in [1.82, 2.24) is 4.90 Å². The number of halogens is 1. The Bertz CT molecular complexity index is 476. The fourth-order valence-corrected chi connectivity index (χ4v) is 3.12. The van der Waals surface area contributed by atoms with E-state index in [9.17, 15) is 9.90 Å². The first-order valence-electron chi connectivity index (χ1n) is 7.25. The molecule has 5 nitrogen and oxygen atoms in total. The summed E-state index contributed by atoms with van der Waals surface area (Å²) in [6.45, 7) is 1.98. The number of amides is 1. The molecule has 1 N–H and O–H groups in total. The molecule has 1 saturated heterocycles. The van der Waals surface area contributed by atoms with Gasteiger partial charge in [-0.1, -0.05) is 0 Å². The third-order valence-corrected chi connectivity index (χ3v) is 4.33. The van der Waals surface area contributed by atoms with Gasteiger partial charge < -0.3 is 19.2 Å². The van der Waals surface area contributed by atoms with Gasteiger partial charge in [0.2, 0.25) is 0 Å². The molecule has 2 heterocycles. The number of rotatable bonds is 6. The molecule has 21 heavy (non-hydrogen) atoms. The highest BCUT2D eigenvalue weighted by atomic mass is 35.5. The maximum Gasteiger partial charge on any atom is 0.289 e. The Balaban J connectivity index is 2.02. The van der Waals surface area contributed by atoms with Crippen molar-refractivity contribution >= 4 is 17.5 Å². The van der Waals surface area contributed by atoms with Crippen LogP contribution >= 0.6 is 11.6 Å². The lowest BCUT2D eigenvalue weighted by molar-refractivity contribution is 0.0164. The topological polar surface area (TPSA) is 62.9 Å². The molecule has 0 saturated carbocycles. The van der Waals surface area contributed by atoms with Gasteiger partial charge in [0.1, 0.15) is 0 Å². The molecule has 1 aromatic rings. The van der Waals surface area contributed by atoms with Gasteiger partial charge in [0, 0.05) is 32.2 Å². The summed E-state index contributed by atoms with van der Waals surface area (Å²) in [6, 6.07) is 3.15. The summed E-state index contributed by atoms with van der Waals surface area (Å²) < 4.78 is 10.3. The van der Waals surface area contributed by atoms with Crippen LogP contribution in [0.15, 0.2) is 16.5 Å². The molecular formula is C15H22ClNO4. The molecule has 1 atom stereocenters. The van der Waals surface area contributed by atoms with E-state index in [4.69, 9.17) is 20.8 Å². The monoisotopic (exact) mass is 315 g/mol. The Labute approximate surface area is 129 Å². The Morgan fingerprint density at radius 3 is 3.00 bits per heavy atom. The van der Waals surface area contributed by atoms with Crippen molar-refractivity contribution in [3.63, 3.8) is 0 Å². The Kier molecular flexibility index (Phi) is 5.67. The summed E-state index contributed by atoms with van der Waals surface area (Å²) in [5, 5.41) is 10.0. The predicted octanol–water partition coefficient (Wildman–Crippen LogP) is 2.57. The van der Waals surface area contributed by atoms with Gasteiger partial charge in [-0.25, -0.2) is 0 Å². The molecule has 0 aromatic carbocycles. The van der Waals surface area contributed by atoms with Crippen molar-refractivity contribution in [1.29, 1.82) is 0 Å². The van der Waals surface area contributed by atoms with E-state index in [2.05, 4.69) is 0 Å². The molecule has 0 radical (unpaired) electrons. The summed E-state index contributed by atoms with van der Waals surface area (Å²) in [5.41, 5.74) is -0.233. The van der Waals surface area contributed by atoms with Crippen LogP contribution in [0.5, 0.6) is 0 Å². The van der Waals surface area contributed by atoms with E-state index in [0.717, 1.165) is 25.7 Å². The van der Waals surface area contributed by atoms with Gasteiger partial charge in [0.25, 0.3) is 5.91 Å². The molecule has 0 bridgehead atoms. The third-order valence-electron chi connectivity index (χ3n) is 4.12. The fourth-order valence-electron chi connectivity index (χ4n) is 2.97. The number of aliphatic hydroxyl groups is 1. The highest BCUT2D eigenvalue weighted by Gasteiger charge is 2.37. The van der Waals surface area contributed by atoms with Gasteiger partial charge in [-0.15, -0.1) is 0 Å². The summed E-state index contributed by atoms with van der Waals surface area (Å²) in [5.74, 6) is 0.0943. The van der Waals surface area contributed by atoms with E-state index in [0.29, 0.717) is 19.7 Å². The van der Waals surface area contributed by atoms with Crippen LogP contribution in [0.3, 0.4) is 0 Å². The van der Waals surface area contributed by atoms with Gasteiger partial charge in [-0.2, -0.15) is 0 Å². The number of methoxy groups -OCH3 is 1. The van der Waals surface area contributed by atoms with Crippen LogP contribution in [0.2, 0.25) is 5.22 Å². The van der Waals surface area contributed by atoms with Gasteiger partial charge >= 0.3 is 0 Å². The summed E-state index contributed by atoms with van der Waals surface area (Å²) >= 11 is 5.72. The minimum Gasteiger partial charge on any atom is -0.440 e. The van der Waals surface area contributed by atoms with E-state index in [-0.39, 0.29) is 28.9 Å². The van der Waals surface area contributed by atoms with Crippen molar-refractivity contribution in [2.24, 2.45) is 5.41 Å². The van der Waals surface area contributed by atoms with Gasteiger partial charge in [-0.3, -0.25) is 4.79 Å². The number of nitrogens with zero attached hydrogens (tertiary/aromatic N) is 1. The molecule has 1 amide bonds. The molecule has 0 unspecified atom stereocenters. The van der Waals surface area contributed by atoms with Crippen molar-refractivity contribution in [3.8, 4) is 0 Å². The average Bonchev–Trinajstić information content (AvgIpc) is 2.93. The fraction of sp³-hybridized carbons (Fsp3) is 0.667. The van der Waals surface area contributed by atoms with Gasteiger partial charge in [0.15, 0.2) is 11.0 Å². The van der Waals surface area contributed by atoms with Crippen LogP contribution < -0.4 is 0 Å². The Morgan fingerprint density at radius 2 is 2.38 bits per heavy atom. The van der Waals surface area contributed by atoms with Crippen LogP contribution in [0, 0.1) is 5.41 Å². The smallest absolute Gasteiger partial charge is 0.289 e. The first-order valence-corrected chi connectivity index (χ1v) is 7.62. The Hall–Kier alpha value is -1.04. The van der Waals surface area contributed by atoms with Crippen molar-refractivity contribution in [2.45, 2.75) is 25.7 Å². The normalized spacial score (nSPS) is 22.5. The number of carbonyl (C=O) groups excluding carboxylic acids is 1. The van der Waals surface area contributed by atoms with Crippen molar-refractivity contribution in [2.75, 3.05) is 33.4 Å². The second kappa shape index (κ2) is 7.29. The molecular weight excluding hydrogens is 294 g/mol. The second-order valence-electron chi connectivity index (χ2n) is 5.69. The lowest BCUT2D eigenvalue weighted by atomic mass is 9.77. The molecule has 1 aromatic heterocycles. The standard InChI is InChI=1S/C15H22ClNO4/c1-20-9-3-7-15(11-18)6-2-8-17(10-15)14(19)12-4-5-13(16)21-12/h4-5,18H,2-3,6-11H2,1H3/t15-/m0/s1. The summed E-state index contributed by atoms with van der Waals surface area (Å²) in [6.07, 6.45) is 3.54. The van der Waals surface area contributed by atoms with E-state index < -0.39 is 0 Å². The van der Waals surface area contributed by atoms with Gasteiger partial charge in [0.05, 0.1) is 6.61 Å². The van der Waals surface area contributed by atoms with E-state index in [1.165, 1.54) is 0 Å². The number of aliphatic hydroxyl groups excluding tert-OH is 1. The molecule has 1 aliphatic heterocycles. The van der Waals surface area contributed by atoms with Crippen molar-refractivity contribution in [3.05, 3.63) is 23.1 Å². The first-order chi connectivity index (χ1) is 10.1. The number of likely N-dealkylation sites (tertiary alicyclic amines) is 1. The van der Waals surface area contributed by atoms with E-state index >= 15 is 0 Å². The zero-order valence-corrected chi connectivity index (χ0v) is 13.1. The number of ether oxygens (including phenoxy) is 1. The number of carbonyl (C=O) groups is 1. The van der Waals surface area contributed by atoms with E-state index in [1.54, 1.807) is 24.1 Å². The summed E-state index contributed by atoms with van der Waals surface area (Å²) in [4.78, 5) is 14.2. The van der Waals surface area contributed by atoms with Crippen LogP contribution in [0.1, 0.15) is 36.2 Å². The maximum atomic E-state index is 12.4. The van der Waals surface area contributed by atoms with Crippen LogP contribution in [0.4, 0.5) is 0 Å². The third kappa shape index (κ3) is 3.99. The molecule has 118 valence electrons. The second-order valence-corrected chi connectivity index (χ2v) is 6.06. The number of furan rings is 1. The number of hydrogen-bond donors (Lipinski definition) is 1. The maximum absolute atomic E-state index is 12.4. The number of hydrogen-bond acceptors (Lipinski definition) is 4. The van der Waals surface area contributed by atoms with Crippen LogP contribution in [-0.2, 0) is 4.74 Å². The zero-order valence-electron chi connectivity index (χ0n) is 12.3. The zero-order chi connectivity index (χ0) is 15.3. The quantitative estimate of drug-likeness (QED) is 0.820. The molecule has 1 aliphatic rings. The van der Waals surface area contributed by atoms with Crippen molar-refractivity contribution < 1.29 is 19.1 Å². The summed E-state index contributed by atoms with van der Waals surface area (Å²) in [7, 11) is 1.67. The minimum atomic E-state index is -0.233. The SMILES string of the molecule is COCCC[C@@]1(CO)CCCN(C(=O)c2ccc(Cl)o2)C1. The molecule has 0 spiro atoms.